The first kappa shape index (κ1) is 14.8. The first-order valence-electron chi connectivity index (χ1n) is 6.25. The molecule has 0 saturated carbocycles. The molecule has 0 unspecified atom stereocenters. The average molecular weight is 287 g/mol. The Morgan fingerprint density at radius 2 is 2.33 bits per heavy atom. The molecule has 1 heterocycles. The van der Waals surface area contributed by atoms with Crippen LogP contribution in [0.3, 0.4) is 0 Å². The number of carbonyl (C=O) groups is 1. The number of halogens is 1. The minimum Gasteiger partial charge on any atom is -0.384 e. The van der Waals surface area contributed by atoms with Gasteiger partial charge in [-0.05, 0) is 18.2 Å². The molecule has 1 amide bonds. The van der Waals surface area contributed by atoms with Crippen LogP contribution < -0.4 is 0 Å². The van der Waals surface area contributed by atoms with Crippen LogP contribution in [-0.4, -0.2) is 39.5 Å². The third kappa shape index (κ3) is 3.68. The SMILES string of the molecule is CN(Cc1ncc[nH]1)C(=O)c1ccc(C#CCO)c(F)c1. The number of aliphatic hydroxyl groups excluding tert-OH is 1. The number of imidazole rings is 1. The summed E-state index contributed by atoms with van der Waals surface area (Å²) in [6.07, 6.45) is 3.27. The molecule has 1 aromatic heterocycles. The van der Waals surface area contributed by atoms with Crippen LogP contribution in [0, 0.1) is 17.7 Å². The molecule has 0 aliphatic rings. The highest BCUT2D eigenvalue weighted by Gasteiger charge is 2.14. The number of nitrogens with zero attached hydrogens (tertiary/aromatic N) is 2. The number of hydrogen-bond acceptors (Lipinski definition) is 3. The molecule has 0 spiro atoms. The average Bonchev–Trinajstić information content (AvgIpc) is 2.98. The number of nitrogens with one attached hydrogen (secondary N) is 1. The fourth-order valence-electron chi connectivity index (χ4n) is 1.79. The van der Waals surface area contributed by atoms with Crippen LogP contribution in [0.25, 0.3) is 0 Å². The molecule has 0 atom stereocenters. The predicted octanol–water partition coefficient (Wildman–Crippen LogP) is 1.16. The van der Waals surface area contributed by atoms with Crippen LogP contribution in [0.1, 0.15) is 21.7 Å². The Bertz CT molecular complexity index is 687. The summed E-state index contributed by atoms with van der Waals surface area (Å²) in [5, 5.41) is 8.59. The van der Waals surface area contributed by atoms with Gasteiger partial charge in [0.05, 0.1) is 12.1 Å². The van der Waals surface area contributed by atoms with Gasteiger partial charge in [0.1, 0.15) is 18.2 Å². The largest absolute Gasteiger partial charge is 0.384 e. The zero-order valence-electron chi connectivity index (χ0n) is 11.4. The highest BCUT2D eigenvalue weighted by Crippen LogP contribution is 2.12. The van der Waals surface area contributed by atoms with Crippen molar-refractivity contribution >= 4 is 5.91 Å². The van der Waals surface area contributed by atoms with E-state index in [9.17, 15) is 9.18 Å². The van der Waals surface area contributed by atoms with Gasteiger partial charge in [-0.3, -0.25) is 4.79 Å². The number of aromatic nitrogens is 2. The molecule has 5 nitrogen and oxygen atoms in total. The van der Waals surface area contributed by atoms with Crippen molar-refractivity contribution in [3.05, 3.63) is 53.4 Å². The van der Waals surface area contributed by atoms with E-state index in [1.54, 1.807) is 19.4 Å². The Morgan fingerprint density at radius 3 is 2.95 bits per heavy atom. The van der Waals surface area contributed by atoms with E-state index in [-0.39, 0.29) is 23.6 Å². The maximum Gasteiger partial charge on any atom is 0.254 e. The Hall–Kier alpha value is -2.65. The van der Waals surface area contributed by atoms with E-state index >= 15 is 0 Å². The summed E-state index contributed by atoms with van der Waals surface area (Å²) in [5.41, 5.74) is 0.380. The van der Waals surface area contributed by atoms with Gasteiger partial charge in [-0.2, -0.15) is 0 Å². The maximum atomic E-state index is 13.8. The highest BCUT2D eigenvalue weighted by atomic mass is 19.1. The van der Waals surface area contributed by atoms with Gasteiger partial charge in [0.2, 0.25) is 0 Å². The molecular formula is C15H14FN3O2. The van der Waals surface area contributed by atoms with Crippen LogP contribution in [0.2, 0.25) is 0 Å². The molecule has 0 aliphatic heterocycles. The maximum absolute atomic E-state index is 13.8. The van der Waals surface area contributed by atoms with Crippen molar-refractivity contribution in [2.24, 2.45) is 0 Å². The summed E-state index contributed by atoms with van der Waals surface area (Å²) in [6, 6.07) is 4.07. The molecule has 2 rings (SSSR count). The van der Waals surface area contributed by atoms with E-state index in [1.165, 1.54) is 17.0 Å². The minimum atomic E-state index is -0.590. The molecule has 0 radical (unpaired) electrons. The van der Waals surface area contributed by atoms with E-state index in [0.717, 1.165) is 6.07 Å². The van der Waals surface area contributed by atoms with Crippen molar-refractivity contribution < 1.29 is 14.3 Å². The van der Waals surface area contributed by atoms with Crippen molar-refractivity contribution in [1.29, 1.82) is 0 Å². The third-order valence-electron chi connectivity index (χ3n) is 2.81. The minimum absolute atomic E-state index is 0.147. The lowest BCUT2D eigenvalue weighted by Gasteiger charge is -2.16. The highest BCUT2D eigenvalue weighted by molar-refractivity contribution is 5.94. The molecule has 108 valence electrons. The summed E-state index contributed by atoms with van der Waals surface area (Å²) >= 11 is 0. The van der Waals surface area contributed by atoms with Crippen molar-refractivity contribution in [2.45, 2.75) is 6.54 Å². The predicted molar refractivity (Wildman–Crippen MR) is 74.7 cm³/mol. The van der Waals surface area contributed by atoms with Gasteiger partial charge in [-0.1, -0.05) is 11.8 Å². The van der Waals surface area contributed by atoms with Crippen LogP contribution >= 0.6 is 0 Å². The van der Waals surface area contributed by atoms with Gasteiger partial charge < -0.3 is 15.0 Å². The van der Waals surface area contributed by atoms with E-state index in [1.807, 2.05) is 0 Å². The number of benzene rings is 1. The summed E-state index contributed by atoms with van der Waals surface area (Å²) in [7, 11) is 1.61. The van der Waals surface area contributed by atoms with Crippen molar-refractivity contribution in [1.82, 2.24) is 14.9 Å². The Kier molecular flexibility index (Phi) is 4.69. The first-order valence-corrected chi connectivity index (χ1v) is 6.25. The Labute approximate surface area is 121 Å². The van der Waals surface area contributed by atoms with E-state index in [0.29, 0.717) is 12.4 Å². The number of H-pyrrole nitrogens is 1. The zero-order chi connectivity index (χ0) is 15.2. The van der Waals surface area contributed by atoms with Crippen LogP contribution in [0.5, 0.6) is 0 Å². The molecule has 2 aromatic rings. The molecule has 0 saturated heterocycles. The Balaban J connectivity index is 2.14. The monoisotopic (exact) mass is 287 g/mol. The second-order valence-corrected chi connectivity index (χ2v) is 4.35. The molecule has 2 N–H and O–H groups in total. The van der Waals surface area contributed by atoms with E-state index in [4.69, 9.17) is 5.11 Å². The van der Waals surface area contributed by atoms with Crippen LogP contribution in [0.4, 0.5) is 4.39 Å². The fraction of sp³-hybridized carbons (Fsp3) is 0.200. The second-order valence-electron chi connectivity index (χ2n) is 4.35. The summed E-state index contributed by atoms with van der Waals surface area (Å²) in [5.74, 6) is 4.59. The molecule has 0 bridgehead atoms. The number of carbonyl (C=O) groups excluding carboxylic acids is 1. The lowest BCUT2D eigenvalue weighted by atomic mass is 10.1. The van der Waals surface area contributed by atoms with Gasteiger partial charge in [-0.15, -0.1) is 0 Å². The number of hydrogen-bond donors (Lipinski definition) is 2. The molecule has 1 aromatic carbocycles. The molecule has 0 aliphatic carbocycles. The van der Waals surface area contributed by atoms with E-state index < -0.39 is 5.82 Å². The normalized spacial score (nSPS) is 9.86. The zero-order valence-corrected chi connectivity index (χ0v) is 11.4. The number of amides is 1. The van der Waals surface area contributed by atoms with Gasteiger partial charge in [0.25, 0.3) is 5.91 Å². The van der Waals surface area contributed by atoms with E-state index in [2.05, 4.69) is 21.8 Å². The van der Waals surface area contributed by atoms with Gasteiger partial charge in [0, 0.05) is 25.0 Å². The number of aromatic amines is 1. The van der Waals surface area contributed by atoms with Gasteiger partial charge in [-0.25, -0.2) is 9.37 Å². The van der Waals surface area contributed by atoms with Crippen molar-refractivity contribution in [3.63, 3.8) is 0 Å². The lowest BCUT2D eigenvalue weighted by Crippen LogP contribution is -2.26. The Morgan fingerprint density at radius 1 is 1.52 bits per heavy atom. The topological polar surface area (TPSA) is 69.2 Å². The second kappa shape index (κ2) is 6.68. The van der Waals surface area contributed by atoms with Crippen molar-refractivity contribution in [3.8, 4) is 11.8 Å². The fourth-order valence-corrected chi connectivity index (χ4v) is 1.79. The number of aliphatic hydroxyl groups is 1. The molecular weight excluding hydrogens is 273 g/mol. The smallest absolute Gasteiger partial charge is 0.254 e. The molecule has 21 heavy (non-hydrogen) atoms. The lowest BCUT2D eigenvalue weighted by molar-refractivity contribution is 0.0781. The van der Waals surface area contributed by atoms with Crippen molar-refractivity contribution in [2.75, 3.05) is 13.7 Å². The summed E-state index contributed by atoms with van der Waals surface area (Å²) < 4.78 is 13.8. The van der Waals surface area contributed by atoms with Crippen LogP contribution in [-0.2, 0) is 6.54 Å². The van der Waals surface area contributed by atoms with Gasteiger partial charge >= 0.3 is 0 Å². The van der Waals surface area contributed by atoms with Crippen LogP contribution in [0.15, 0.2) is 30.6 Å². The number of rotatable bonds is 3. The van der Waals surface area contributed by atoms with Gasteiger partial charge in [0.15, 0.2) is 0 Å². The third-order valence-corrected chi connectivity index (χ3v) is 2.81. The first-order chi connectivity index (χ1) is 10.1. The standard InChI is InChI=1S/C15H14FN3O2/c1-19(10-14-17-6-7-18-14)15(21)12-5-4-11(3-2-8-20)13(16)9-12/h4-7,9,20H,8,10H2,1H3,(H,17,18). The molecule has 6 heteroatoms. The quantitative estimate of drug-likeness (QED) is 0.832. The summed E-state index contributed by atoms with van der Waals surface area (Å²) in [6.45, 7) is -0.0362. The summed E-state index contributed by atoms with van der Waals surface area (Å²) in [4.78, 5) is 20.6. The molecule has 0 fully saturated rings.